The zero-order valence-electron chi connectivity index (χ0n) is 12.5. The van der Waals surface area contributed by atoms with Gasteiger partial charge in [-0.2, -0.15) is 0 Å². The number of ether oxygens (including phenoxy) is 1. The third kappa shape index (κ3) is 6.86. The maximum Gasteiger partial charge on any atom is 0.338 e. The molecule has 0 fully saturated rings. The zero-order valence-corrected chi connectivity index (χ0v) is 12.5. The monoisotopic (exact) mass is 312 g/mol. The van der Waals surface area contributed by atoms with Crippen LogP contribution in [-0.2, 0) is 17.8 Å². The van der Waals surface area contributed by atoms with Gasteiger partial charge in [-0.15, -0.1) is 0 Å². The van der Waals surface area contributed by atoms with E-state index in [2.05, 4.69) is 26.6 Å². The van der Waals surface area contributed by atoms with Crippen LogP contribution < -0.4 is 0 Å². The first-order chi connectivity index (χ1) is 11.2. The molecule has 0 heterocycles. The highest BCUT2D eigenvalue weighted by molar-refractivity contribution is 5.89. The summed E-state index contributed by atoms with van der Waals surface area (Å²) < 4.78 is 5.16. The van der Waals surface area contributed by atoms with Crippen molar-refractivity contribution in [3.63, 3.8) is 0 Å². The normalized spacial score (nSPS) is 9.74. The van der Waals surface area contributed by atoms with Crippen LogP contribution >= 0.6 is 0 Å². The number of allylic oxidation sites excluding steroid dienone is 2. The van der Waals surface area contributed by atoms with E-state index in [0.29, 0.717) is 23.1 Å². The minimum Gasteiger partial charge on any atom is -0.462 e. The molecule has 0 aromatic heterocycles. The van der Waals surface area contributed by atoms with Crippen LogP contribution in [0, 0.1) is 0 Å². The predicted molar refractivity (Wildman–Crippen MR) is 86.4 cm³/mol. The highest BCUT2D eigenvalue weighted by Crippen LogP contribution is 2.14. The third-order valence-electron chi connectivity index (χ3n) is 2.71. The second kappa shape index (κ2) is 10.5. The van der Waals surface area contributed by atoms with Gasteiger partial charge in [0.25, 0.3) is 0 Å². The van der Waals surface area contributed by atoms with Gasteiger partial charge in [0.05, 0.1) is 25.3 Å². The molecule has 0 saturated carbocycles. The van der Waals surface area contributed by atoms with Crippen LogP contribution in [0.4, 0.5) is 0 Å². The second-order valence-electron chi connectivity index (χ2n) is 4.40. The Balaban J connectivity index is 2.86. The number of azide groups is 2. The first-order valence-electron chi connectivity index (χ1n) is 6.80. The SMILES string of the molecule is C=C/C=C/CCOC(=O)c1cc(CN=[N+]=[N-])cc(CN=[N+]=[N-])c1. The maximum atomic E-state index is 12.1. The second-order valence-corrected chi connectivity index (χ2v) is 4.40. The first kappa shape index (κ1) is 17.8. The minimum atomic E-state index is -0.484. The highest BCUT2D eigenvalue weighted by atomic mass is 16.5. The van der Waals surface area contributed by atoms with Crippen molar-refractivity contribution in [1.29, 1.82) is 0 Å². The molecule has 1 rings (SSSR count). The number of carbonyl (C=O) groups excluding carboxylic acids is 1. The quantitative estimate of drug-likeness (QED) is 0.165. The summed E-state index contributed by atoms with van der Waals surface area (Å²) in [6.07, 6.45) is 5.84. The van der Waals surface area contributed by atoms with E-state index in [0.717, 1.165) is 0 Å². The Labute approximate surface area is 133 Å². The average Bonchev–Trinajstić information content (AvgIpc) is 2.57. The average molecular weight is 312 g/mol. The van der Waals surface area contributed by atoms with Crippen molar-refractivity contribution in [2.45, 2.75) is 19.5 Å². The van der Waals surface area contributed by atoms with Gasteiger partial charge < -0.3 is 4.74 Å². The number of esters is 1. The molecule has 0 aliphatic heterocycles. The Bertz CT molecular complexity index is 647. The molecule has 8 heteroatoms. The summed E-state index contributed by atoms with van der Waals surface area (Å²) in [6.45, 7) is 3.99. The molecule has 0 radical (unpaired) electrons. The van der Waals surface area contributed by atoms with Crippen molar-refractivity contribution in [3.8, 4) is 0 Å². The van der Waals surface area contributed by atoms with Gasteiger partial charge in [0.2, 0.25) is 0 Å². The predicted octanol–water partition coefficient (Wildman–Crippen LogP) is 4.60. The molecule has 0 aliphatic carbocycles. The number of benzene rings is 1. The van der Waals surface area contributed by atoms with Gasteiger partial charge in [0.15, 0.2) is 0 Å². The smallest absolute Gasteiger partial charge is 0.338 e. The van der Waals surface area contributed by atoms with E-state index >= 15 is 0 Å². The standard InChI is InChI=1S/C15H16N6O2/c1-2-3-4-5-6-23-15(22)14-8-12(10-18-20-16)7-13(9-14)11-19-21-17/h2-4,7-9H,1,5-6,10-11H2/b4-3+. The van der Waals surface area contributed by atoms with Crippen LogP contribution in [0.15, 0.2) is 53.2 Å². The molecule has 0 bridgehead atoms. The minimum absolute atomic E-state index is 0.100. The van der Waals surface area contributed by atoms with Crippen molar-refractivity contribution >= 4 is 5.97 Å². The molecule has 0 spiro atoms. The van der Waals surface area contributed by atoms with E-state index in [9.17, 15) is 4.79 Å². The van der Waals surface area contributed by atoms with E-state index in [1.165, 1.54) is 0 Å². The number of carbonyl (C=O) groups is 1. The molecular weight excluding hydrogens is 296 g/mol. The summed E-state index contributed by atoms with van der Waals surface area (Å²) in [7, 11) is 0. The summed E-state index contributed by atoms with van der Waals surface area (Å²) >= 11 is 0. The van der Waals surface area contributed by atoms with Crippen LogP contribution in [0.1, 0.15) is 27.9 Å². The van der Waals surface area contributed by atoms with Gasteiger partial charge in [-0.25, -0.2) is 4.79 Å². The van der Waals surface area contributed by atoms with Crippen molar-refractivity contribution in [2.75, 3.05) is 6.61 Å². The van der Waals surface area contributed by atoms with Crippen molar-refractivity contribution in [3.05, 3.63) is 80.6 Å². The highest BCUT2D eigenvalue weighted by Gasteiger charge is 2.09. The van der Waals surface area contributed by atoms with E-state index in [-0.39, 0.29) is 19.7 Å². The molecule has 0 aliphatic rings. The van der Waals surface area contributed by atoms with E-state index in [1.54, 1.807) is 30.4 Å². The molecule has 1 aromatic carbocycles. The Kier molecular flexibility index (Phi) is 8.15. The third-order valence-corrected chi connectivity index (χ3v) is 2.71. The van der Waals surface area contributed by atoms with Crippen LogP contribution in [-0.4, -0.2) is 12.6 Å². The molecule has 1 aromatic rings. The van der Waals surface area contributed by atoms with E-state index < -0.39 is 5.97 Å². The fraction of sp³-hybridized carbons (Fsp3) is 0.267. The lowest BCUT2D eigenvalue weighted by Gasteiger charge is -2.07. The Hall–Kier alpha value is -3.21. The Morgan fingerprint density at radius 1 is 1.17 bits per heavy atom. The van der Waals surface area contributed by atoms with Gasteiger partial charge in [-0.1, -0.05) is 41.1 Å². The van der Waals surface area contributed by atoms with Crippen molar-refractivity contribution < 1.29 is 9.53 Å². The van der Waals surface area contributed by atoms with Gasteiger partial charge in [0.1, 0.15) is 0 Å². The first-order valence-corrected chi connectivity index (χ1v) is 6.80. The van der Waals surface area contributed by atoms with Crippen LogP contribution in [0.3, 0.4) is 0 Å². The number of nitrogens with zero attached hydrogens (tertiary/aromatic N) is 6. The molecule has 118 valence electrons. The molecule has 0 N–H and O–H groups in total. The lowest BCUT2D eigenvalue weighted by molar-refractivity contribution is 0.0511. The molecule has 0 saturated heterocycles. The maximum absolute atomic E-state index is 12.1. The molecule has 8 nitrogen and oxygen atoms in total. The van der Waals surface area contributed by atoms with Gasteiger partial charge >= 0.3 is 5.97 Å². The summed E-state index contributed by atoms with van der Waals surface area (Å²) in [4.78, 5) is 17.4. The summed E-state index contributed by atoms with van der Waals surface area (Å²) in [5, 5.41) is 6.93. The fourth-order valence-corrected chi connectivity index (χ4v) is 1.79. The van der Waals surface area contributed by atoms with Gasteiger partial charge in [-0.05, 0) is 40.7 Å². The lowest BCUT2D eigenvalue weighted by atomic mass is 10.1. The van der Waals surface area contributed by atoms with Crippen LogP contribution in [0.5, 0.6) is 0 Å². The van der Waals surface area contributed by atoms with Crippen LogP contribution in [0.2, 0.25) is 0 Å². The molecule has 0 atom stereocenters. The number of hydrogen-bond donors (Lipinski definition) is 0. The molecular formula is C15H16N6O2. The Morgan fingerprint density at radius 2 is 1.78 bits per heavy atom. The summed E-state index contributed by atoms with van der Waals surface area (Å²) in [5.74, 6) is -0.484. The largest absolute Gasteiger partial charge is 0.462 e. The summed E-state index contributed by atoms with van der Waals surface area (Å²) in [5.41, 5.74) is 18.4. The Morgan fingerprint density at radius 3 is 2.30 bits per heavy atom. The van der Waals surface area contributed by atoms with Crippen molar-refractivity contribution in [2.24, 2.45) is 10.2 Å². The van der Waals surface area contributed by atoms with E-state index in [1.807, 2.05) is 6.08 Å². The van der Waals surface area contributed by atoms with Gasteiger partial charge in [-0.3, -0.25) is 0 Å². The molecule has 23 heavy (non-hydrogen) atoms. The lowest BCUT2D eigenvalue weighted by Crippen LogP contribution is -2.07. The van der Waals surface area contributed by atoms with E-state index in [4.69, 9.17) is 15.8 Å². The molecule has 0 amide bonds. The topological polar surface area (TPSA) is 124 Å². The van der Waals surface area contributed by atoms with Crippen LogP contribution in [0.25, 0.3) is 20.9 Å². The molecule has 0 unspecified atom stereocenters. The number of rotatable bonds is 9. The number of hydrogen-bond acceptors (Lipinski definition) is 4. The zero-order chi connectivity index (χ0) is 16.9. The fourth-order valence-electron chi connectivity index (χ4n) is 1.79. The van der Waals surface area contributed by atoms with Crippen molar-refractivity contribution in [1.82, 2.24) is 0 Å². The van der Waals surface area contributed by atoms with Gasteiger partial charge in [0, 0.05) is 9.82 Å². The summed E-state index contributed by atoms with van der Waals surface area (Å²) in [6, 6.07) is 4.90.